The Morgan fingerprint density at radius 2 is 2.32 bits per heavy atom. The molecule has 2 aromatic rings. The molecule has 1 heterocycles. The summed E-state index contributed by atoms with van der Waals surface area (Å²) >= 11 is 5.84. The Balaban J connectivity index is 1.93. The number of nitrogens with zero attached hydrogens (tertiary/aromatic N) is 3. The number of amides is 1. The average Bonchev–Trinajstić information content (AvgIpc) is 2.77. The summed E-state index contributed by atoms with van der Waals surface area (Å²) in [6.07, 6.45) is 1.73. The Morgan fingerprint density at radius 1 is 1.47 bits per heavy atom. The summed E-state index contributed by atoms with van der Waals surface area (Å²) in [5.74, 6) is -0.178. The third kappa shape index (κ3) is 4.04. The van der Waals surface area contributed by atoms with Crippen molar-refractivity contribution in [2.24, 2.45) is 0 Å². The molecule has 0 spiro atoms. The van der Waals surface area contributed by atoms with Crippen molar-refractivity contribution in [3.63, 3.8) is 0 Å². The predicted octanol–water partition coefficient (Wildman–Crippen LogP) is 1.29. The standard InChI is InChI=1S/C12H14ClN5O/c1-14-6-11-7-18(17-16-11)8-12(19)15-10-4-2-3-9(13)5-10/h2-5,7,14H,6,8H2,1H3,(H,15,19). The second-order valence-electron chi connectivity index (χ2n) is 4.00. The summed E-state index contributed by atoms with van der Waals surface area (Å²) in [6, 6.07) is 6.99. The average molecular weight is 280 g/mol. The van der Waals surface area contributed by atoms with Crippen LogP contribution in [-0.2, 0) is 17.9 Å². The summed E-state index contributed by atoms with van der Waals surface area (Å²) in [5.41, 5.74) is 1.45. The zero-order chi connectivity index (χ0) is 13.7. The minimum absolute atomic E-state index is 0.114. The summed E-state index contributed by atoms with van der Waals surface area (Å²) in [7, 11) is 1.82. The molecule has 1 aromatic heterocycles. The van der Waals surface area contributed by atoms with Crippen LogP contribution < -0.4 is 10.6 Å². The Labute approximate surface area is 115 Å². The van der Waals surface area contributed by atoms with Gasteiger partial charge in [-0.15, -0.1) is 5.10 Å². The van der Waals surface area contributed by atoms with Gasteiger partial charge in [-0.1, -0.05) is 22.9 Å². The van der Waals surface area contributed by atoms with Crippen LogP contribution in [0.5, 0.6) is 0 Å². The fourth-order valence-corrected chi connectivity index (χ4v) is 1.78. The van der Waals surface area contributed by atoms with Gasteiger partial charge in [0.2, 0.25) is 5.91 Å². The highest BCUT2D eigenvalue weighted by Crippen LogP contribution is 2.14. The molecule has 0 bridgehead atoms. The number of carbonyl (C=O) groups is 1. The number of carbonyl (C=O) groups excluding carboxylic acids is 1. The number of hydrogen-bond acceptors (Lipinski definition) is 4. The Bertz CT molecular complexity index is 569. The van der Waals surface area contributed by atoms with Crippen molar-refractivity contribution in [2.45, 2.75) is 13.1 Å². The molecule has 19 heavy (non-hydrogen) atoms. The first-order chi connectivity index (χ1) is 9.17. The first-order valence-electron chi connectivity index (χ1n) is 5.76. The molecule has 0 radical (unpaired) electrons. The topological polar surface area (TPSA) is 71.8 Å². The lowest BCUT2D eigenvalue weighted by Crippen LogP contribution is -2.19. The van der Waals surface area contributed by atoms with E-state index in [0.717, 1.165) is 5.69 Å². The van der Waals surface area contributed by atoms with Gasteiger partial charge in [-0.3, -0.25) is 4.79 Å². The third-order valence-corrected chi connectivity index (χ3v) is 2.59. The monoisotopic (exact) mass is 279 g/mol. The van der Waals surface area contributed by atoms with Crippen LogP contribution >= 0.6 is 11.6 Å². The summed E-state index contributed by atoms with van der Waals surface area (Å²) in [4.78, 5) is 11.8. The zero-order valence-corrected chi connectivity index (χ0v) is 11.2. The molecule has 0 aliphatic carbocycles. The van der Waals surface area contributed by atoms with Crippen molar-refractivity contribution in [2.75, 3.05) is 12.4 Å². The lowest BCUT2D eigenvalue weighted by atomic mass is 10.3. The molecule has 0 atom stereocenters. The summed E-state index contributed by atoms with van der Waals surface area (Å²) < 4.78 is 1.49. The van der Waals surface area contributed by atoms with E-state index in [2.05, 4.69) is 20.9 Å². The van der Waals surface area contributed by atoms with E-state index in [9.17, 15) is 4.79 Å². The smallest absolute Gasteiger partial charge is 0.246 e. The Kier molecular flexibility index (Phi) is 4.48. The second-order valence-corrected chi connectivity index (χ2v) is 4.43. The van der Waals surface area contributed by atoms with Crippen LogP contribution in [0.2, 0.25) is 5.02 Å². The van der Waals surface area contributed by atoms with E-state index >= 15 is 0 Å². The minimum atomic E-state index is -0.178. The number of aromatic nitrogens is 3. The Morgan fingerprint density at radius 3 is 3.05 bits per heavy atom. The molecule has 0 fully saturated rings. The van der Waals surface area contributed by atoms with Crippen molar-refractivity contribution in [3.05, 3.63) is 41.2 Å². The van der Waals surface area contributed by atoms with Gasteiger partial charge in [-0.25, -0.2) is 4.68 Å². The van der Waals surface area contributed by atoms with Gasteiger partial charge >= 0.3 is 0 Å². The first-order valence-corrected chi connectivity index (χ1v) is 6.14. The van der Waals surface area contributed by atoms with E-state index in [0.29, 0.717) is 17.3 Å². The van der Waals surface area contributed by atoms with Crippen molar-refractivity contribution >= 4 is 23.2 Å². The molecule has 100 valence electrons. The molecule has 2 rings (SSSR count). The third-order valence-electron chi connectivity index (χ3n) is 2.36. The SMILES string of the molecule is CNCc1cn(CC(=O)Nc2cccc(Cl)c2)nn1. The number of halogens is 1. The second kappa shape index (κ2) is 6.31. The van der Waals surface area contributed by atoms with Crippen LogP contribution in [0.1, 0.15) is 5.69 Å². The van der Waals surface area contributed by atoms with Crippen LogP contribution in [0.3, 0.4) is 0 Å². The molecule has 7 heteroatoms. The first kappa shape index (κ1) is 13.5. The highest BCUT2D eigenvalue weighted by atomic mass is 35.5. The lowest BCUT2D eigenvalue weighted by Gasteiger charge is -2.04. The maximum absolute atomic E-state index is 11.8. The predicted molar refractivity (Wildman–Crippen MR) is 72.9 cm³/mol. The summed E-state index contributed by atoms with van der Waals surface area (Å²) in [5, 5.41) is 14.1. The molecule has 0 unspecified atom stereocenters. The lowest BCUT2D eigenvalue weighted by molar-refractivity contribution is -0.116. The van der Waals surface area contributed by atoms with Gasteiger partial charge in [0, 0.05) is 17.3 Å². The molecule has 0 aliphatic heterocycles. The van der Waals surface area contributed by atoms with E-state index in [4.69, 9.17) is 11.6 Å². The summed E-state index contributed by atoms with van der Waals surface area (Å²) in [6.45, 7) is 0.735. The number of hydrogen-bond donors (Lipinski definition) is 2. The fourth-order valence-electron chi connectivity index (χ4n) is 1.59. The van der Waals surface area contributed by atoms with Gasteiger partial charge in [0.25, 0.3) is 0 Å². The van der Waals surface area contributed by atoms with E-state index in [1.165, 1.54) is 4.68 Å². The highest BCUT2D eigenvalue weighted by Gasteiger charge is 2.06. The van der Waals surface area contributed by atoms with Crippen molar-refractivity contribution in [1.29, 1.82) is 0 Å². The molecule has 2 N–H and O–H groups in total. The molecule has 0 aliphatic rings. The molecule has 6 nitrogen and oxygen atoms in total. The fraction of sp³-hybridized carbons (Fsp3) is 0.250. The number of anilines is 1. The maximum atomic E-state index is 11.8. The van der Waals surface area contributed by atoms with Gasteiger partial charge in [0.1, 0.15) is 6.54 Å². The Hall–Kier alpha value is -1.92. The molecular formula is C12H14ClN5O. The van der Waals surface area contributed by atoms with Gasteiger partial charge in [0.15, 0.2) is 0 Å². The quantitative estimate of drug-likeness (QED) is 0.865. The minimum Gasteiger partial charge on any atom is -0.324 e. The van der Waals surface area contributed by atoms with Crippen molar-refractivity contribution in [3.8, 4) is 0 Å². The van der Waals surface area contributed by atoms with Crippen LogP contribution in [0.25, 0.3) is 0 Å². The zero-order valence-electron chi connectivity index (χ0n) is 10.4. The van der Waals surface area contributed by atoms with Gasteiger partial charge in [-0.2, -0.15) is 0 Å². The molecule has 1 amide bonds. The van der Waals surface area contributed by atoms with Crippen molar-refractivity contribution in [1.82, 2.24) is 20.3 Å². The van der Waals surface area contributed by atoms with E-state index in [-0.39, 0.29) is 12.5 Å². The maximum Gasteiger partial charge on any atom is 0.246 e. The molecule has 0 saturated heterocycles. The molecule has 0 saturated carbocycles. The number of benzene rings is 1. The van der Waals surface area contributed by atoms with E-state index in [1.807, 2.05) is 7.05 Å². The number of nitrogens with one attached hydrogen (secondary N) is 2. The van der Waals surface area contributed by atoms with Crippen LogP contribution in [-0.4, -0.2) is 27.9 Å². The molecule has 1 aromatic carbocycles. The van der Waals surface area contributed by atoms with E-state index < -0.39 is 0 Å². The van der Waals surface area contributed by atoms with Gasteiger partial charge < -0.3 is 10.6 Å². The van der Waals surface area contributed by atoms with Crippen LogP contribution in [0.4, 0.5) is 5.69 Å². The van der Waals surface area contributed by atoms with Crippen molar-refractivity contribution < 1.29 is 4.79 Å². The van der Waals surface area contributed by atoms with Crippen LogP contribution in [0.15, 0.2) is 30.5 Å². The number of rotatable bonds is 5. The largest absolute Gasteiger partial charge is 0.324 e. The van der Waals surface area contributed by atoms with E-state index in [1.54, 1.807) is 30.5 Å². The van der Waals surface area contributed by atoms with Gasteiger partial charge in [-0.05, 0) is 25.2 Å². The van der Waals surface area contributed by atoms with Crippen LogP contribution in [0, 0.1) is 0 Å². The normalized spacial score (nSPS) is 10.4. The van der Waals surface area contributed by atoms with Gasteiger partial charge in [0.05, 0.1) is 11.9 Å². The highest BCUT2D eigenvalue weighted by molar-refractivity contribution is 6.30. The molecular weight excluding hydrogens is 266 g/mol.